The van der Waals surface area contributed by atoms with Gasteiger partial charge in [0.1, 0.15) is 0 Å². The third-order valence-corrected chi connectivity index (χ3v) is 5.85. The van der Waals surface area contributed by atoms with Crippen molar-refractivity contribution in [3.8, 4) is 0 Å². The smallest absolute Gasteiger partial charge is 0 e. The van der Waals surface area contributed by atoms with Crippen LogP contribution in [0.4, 0.5) is 0 Å². The molecule has 0 amide bonds. The van der Waals surface area contributed by atoms with E-state index in [1.54, 1.807) is 0 Å². The Bertz CT molecular complexity index is 1450. The summed E-state index contributed by atoms with van der Waals surface area (Å²) < 4.78 is 0. The van der Waals surface area contributed by atoms with Gasteiger partial charge in [-0.15, -0.1) is 12.1 Å². The Kier molecular flexibility index (Phi) is 75.8. The molecule has 0 unspecified atom stereocenters. The van der Waals surface area contributed by atoms with E-state index in [1.807, 2.05) is 91.8 Å². The minimum absolute atomic E-state index is 0. The summed E-state index contributed by atoms with van der Waals surface area (Å²) in [6.45, 7) is 25.9. The van der Waals surface area contributed by atoms with Crippen LogP contribution >= 0.6 is 0 Å². The number of benzene rings is 6. The molecular formula is C47H69La4-7. The number of hydrogen-bond acceptors (Lipinski definition) is 0. The van der Waals surface area contributed by atoms with E-state index in [2.05, 4.69) is 112 Å². The van der Waals surface area contributed by atoms with Gasteiger partial charge in [0.05, 0.1) is 0 Å². The molecule has 0 saturated carbocycles. The standard InChI is InChI=1S/C12H12.2C11H9.4C2H6.5CH3.4La/c1-2-10-7-8-11-5-3-4-6-12(11)9-10;2*1-9-6-7-10-4-2-3-5-11(10)8-9;4*1-2;;;;;;;;;/h3-9H,2H2,1H3;2*2-8H,1H2;4*1-2H3;5*1H3;;;;/q;2*-1;;;;;5*-1;;;;. The van der Waals surface area contributed by atoms with Crippen molar-refractivity contribution < 1.29 is 142 Å². The zero-order valence-corrected chi connectivity index (χ0v) is 49.6. The van der Waals surface area contributed by atoms with Crippen LogP contribution < -0.4 is 0 Å². The van der Waals surface area contributed by atoms with Gasteiger partial charge in [0.2, 0.25) is 0 Å². The normalized spacial score (nSPS) is 7.31. The van der Waals surface area contributed by atoms with Crippen LogP contribution in [-0.2, 0) is 6.42 Å². The average Bonchev–Trinajstić information content (AvgIpc) is 3.08. The summed E-state index contributed by atoms with van der Waals surface area (Å²) >= 11 is 0. The van der Waals surface area contributed by atoms with Crippen LogP contribution in [0.2, 0.25) is 0 Å². The maximum absolute atomic E-state index is 3.87. The van der Waals surface area contributed by atoms with Crippen molar-refractivity contribution >= 4 is 32.3 Å². The quantitative estimate of drug-likeness (QED) is 0.144. The molecule has 6 aromatic rings. The van der Waals surface area contributed by atoms with E-state index in [0.717, 1.165) is 17.5 Å². The topological polar surface area (TPSA) is 0 Å². The Morgan fingerprint density at radius 1 is 0.333 bits per heavy atom. The van der Waals surface area contributed by atoms with E-state index in [4.69, 9.17) is 0 Å². The van der Waals surface area contributed by atoms with Crippen molar-refractivity contribution in [3.05, 3.63) is 195 Å². The maximum Gasteiger partial charge on any atom is 0 e. The predicted octanol–water partition coefficient (Wildman–Crippen LogP) is 15.8. The van der Waals surface area contributed by atoms with Crippen LogP contribution in [0.3, 0.4) is 0 Å². The van der Waals surface area contributed by atoms with E-state index < -0.39 is 0 Å². The Morgan fingerprint density at radius 3 is 0.843 bits per heavy atom. The molecule has 0 spiro atoms. The first-order valence-corrected chi connectivity index (χ1v) is 15.7. The second-order valence-corrected chi connectivity index (χ2v) is 8.40. The van der Waals surface area contributed by atoms with Crippen LogP contribution in [0.15, 0.2) is 127 Å². The summed E-state index contributed by atoms with van der Waals surface area (Å²) in [6.07, 6.45) is 1.12. The molecule has 0 nitrogen and oxygen atoms in total. The van der Waals surface area contributed by atoms with Gasteiger partial charge in [-0.25, -0.2) is 0 Å². The van der Waals surface area contributed by atoms with Gasteiger partial charge in [0.25, 0.3) is 0 Å². The molecule has 0 heterocycles. The van der Waals surface area contributed by atoms with Gasteiger partial charge in [0.15, 0.2) is 0 Å². The van der Waals surface area contributed by atoms with Crippen molar-refractivity contribution in [2.45, 2.75) is 68.7 Å². The number of aryl methyl sites for hydroxylation is 1. The molecule has 0 aliphatic carbocycles. The molecule has 0 aliphatic rings. The fraction of sp³-hybridized carbons (Fsp3) is 0.213. The van der Waals surface area contributed by atoms with Gasteiger partial charge in [-0.2, -0.15) is 49.2 Å². The number of rotatable bonds is 1. The molecule has 4 radical (unpaired) electrons. The fourth-order valence-electron chi connectivity index (χ4n) is 3.94. The van der Waals surface area contributed by atoms with Crippen LogP contribution in [0.5, 0.6) is 0 Å². The van der Waals surface area contributed by atoms with Gasteiger partial charge in [-0.05, 0) is 33.5 Å². The van der Waals surface area contributed by atoms with E-state index >= 15 is 0 Å². The Hall–Kier alpha value is 0.619. The molecule has 0 atom stereocenters. The summed E-state index contributed by atoms with van der Waals surface area (Å²) in [5, 5.41) is 7.76. The molecule has 6 rings (SSSR count). The van der Waals surface area contributed by atoms with Gasteiger partial charge >= 0.3 is 0 Å². The van der Waals surface area contributed by atoms with Crippen molar-refractivity contribution in [2.75, 3.05) is 0 Å². The van der Waals surface area contributed by atoms with Crippen molar-refractivity contribution in [3.63, 3.8) is 0 Å². The van der Waals surface area contributed by atoms with Crippen molar-refractivity contribution in [1.82, 2.24) is 0 Å². The molecule has 0 aliphatic heterocycles. The third-order valence-electron chi connectivity index (χ3n) is 5.85. The molecule has 276 valence electrons. The van der Waals surface area contributed by atoms with E-state index in [1.165, 1.54) is 37.9 Å². The van der Waals surface area contributed by atoms with Gasteiger partial charge in [0, 0.05) is 142 Å². The monoisotopic (exact) mass is 1190 g/mol. The third kappa shape index (κ3) is 30.5. The number of hydrogen-bond donors (Lipinski definition) is 0. The molecule has 0 bridgehead atoms. The molecule has 0 saturated heterocycles. The zero-order valence-electron chi connectivity index (χ0n) is 35.1. The molecule has 0 aromatic heterocycles. The number of fused-ring (bicyclic) bond motifs is 3. The molecule has 6 aromatic carbocycles. The summed E-state index contributed by atoms with van der Waals surface area (Å²) in [6, 6.07) is 44.1. The molecule has 0 fully saturated rings. The van der Waals surface area contributed by atoms with Crippen LogP contribution in [0.25, 0.3) is 32.3 Å². The molecule has 0 N–H and O–H groups in total. The van der Waals surface area contributed by atoms with Gasteiger partial charge in [-0.3, -0.25) is 0 Å². The Labute approximate surface area is 431 Å². The summed E-state index contributed by atoms with van der Waals surface area (Å²) in [5.74, 6) is 0. The van der Waals surface area contributed by atoms with E-state index in [-0.39, 0.29) is 180 Å². The first-order chi connectivity index (χ1) is 20.6. The van der Waals surface area contributed by atoms with Crippen molar-refractivity contribution in [1.29, 1.82) is 0 Å². The largest absolute Gasteiger partial charge is 0.358 e. The molecule has 4 heteroatoms. The van der Waals surface area contributed by atoms with Gasteiger partial charge in [-0.1, -0.05) is 164 Å². The van der Waals surface area contributed by atoms with E-state index in [9.17, 15) is 0 Å². The van der Waals surface area contributed by atoms with Gasteiger partial charge < -0.3 is 37.1 Å². The minimum atomic E-state index is 0. The minimum Gasteiger partial charge on any atom is -0.358 e. The Balaban J connectivity index is -0.0000000520. The maximum atomic E-state index is 3.87. The van der Waals surface area contributed by atoms with E-state index in [0.29, 0.717) is 0 Å². The first-order valence-electron chi connectivity index (χ1n) is 15.7. The molecular weight excluding hydrogens is 1120 g/mol. The van der Waals surface area contributed by atoms with Crippen molar-refractivity contribution in [2.24, 2.45) is 0 Å². The first kappa shape index (κ1) is 76.4. The average molecular weight is 1190 g/mol. The molecule has 51 heavy (non-hydrogen) atoms. The predicted molar refractivity (Wildman–Crippen MR) is 228 cm³/mol. The second kappa shape index (κ2) is 50.6. The summed E-state index contributed by atoms with van der Waals surface area (Å²) in [4.78, 5) is 0. The SMILES string of the molecule is CC.CC.CC.CC.CCc1ccc2ccccc2c1.[CH2-]c1ccc2ccccc2c1.[CH2-]c1ccc2ccccc2c1.[CH3-].[CH3-].[CH3-].[CH3-].[CH3-].[La].[La].[La].[La]. The van der Waals surface area contributed by atoms with Crippen LogP contribution in [-0.4, -0.2) is 0 Å². The zero-order chi connectivity index (χ0) is 31.8. The fourth-order valence-corrected chi connectivity index (χ4v) is 3.94. The second-order valence-electron chi connectivity index (χ2n) is 8.40. The van der Waals surface area contributed by atoms with Crippen LogP contribution in [0, 0.1) is 193 Å². The summed E-state index contributed by atoms with van der Waals surface area (Å²) in [7, 11) is 0. The summed E-state index contributed by atoms with van der Waals surface area (Å²) in [5.41, 5.74) is 3.56. The van der Waals surface area contributed by atoms with Crippen LogP contribution in [0.1, 0.15) is 79.0 Å². The Morgan fingerprint density at radius 2 is 0.569 bits per heavy atom.